The fourth-order valence-electron chi connectivity index (χ4n) is 2.74. The molecular formula is C19H19N3O4. The van der Waals surface area contributed by atoms with E-state index in [4.69, 9.17) is 9.47 Å². The number of para-hydroxylation sites is 1. The molecule has 1 aliphatic rings. The summed E-state index contributed by atoms with van der Waals surface area (Å²) in [4.78, 5) is 25.1. The average Bonchev–Trinajstić information content (AvgIpc) is 2.89. The Morgan fingerprint density at radius 2 is 1.73 bits per heavy atom. The Kier molecular flexibility index (Phi) is 4.62. The van der Waals surface area contributed by atoms with Crippen molar-refractivity contribution in [3.63, 3.8) is 0 Å². The highest BCUT2D eigenvalue weighted by Gasteiger charge is 2.49. The maximum Gasteiger partial charge on any atom is 0.346 e. The molecule has 1 unspecified atom stereocenters. The molecule has 1 atom stereocenters. The lowest BCUT2D eigenvalue weighted by Gasteiger charge is -2.21. The molecule has 134 valence electrons. The molecule has 0 aromatic heterocycles. The fourth-order valence-corrected chi connectivity index (χ4v) is 2.74. The van der Waals surface area contributed by atoms with Crippen LogP contribution in [0.4, 0.5) is 4.79 Å². The van der Waals surface area contributed by atoms with Gasteiger partial charge in [-0.05, 0) is 36.8 Å². The Bertz CT molecular complexity index is 863. The second kappa shape index (κ2) is 6.87. The number of nitrogens with zero attached hydrogens (tertiary/aromatic N) is 2. The van der Waals surface area contributed by atoms with E-state index in [9.17, 15) is 9.59 Å². The molecule has 1 N–H and O–H groups in total. The van der Waals surface area contributed by atoms with Gasteiger partial charge in [0, 0.05) is 5.56 Å². The summed E-state index contributed by atoms with van der Waals surface area (Å²) in [5, 5.41) is 7.59. The third-order valence-corrected chi connectivity index (χ3v) is 4.29. The van der Waals surface area contributed by atoms with E-state index >= 15 is 0 Å². The zero-order chi connectivity index (χ0) is 18.7. The largest absolute Gasteiger partial charge is 0.497 e. The standard InChI is InChI=1S/C19H19N3O4/c1-19(14-8-10-15(25-2)11-9-14)17(23)22(18(24)21-19)20-12-13-6-4-5-7-16(13)26-3/h4-12H,1-3H3,(H,21,24)/b20-12+. The molecular weight excluding hydrogens is 334 g/mol. The number of amides is 3. The Morgan fingerprint density at radius 1 is 1.04 bits per heavy atom. The summed E-state index contributed by atoms with van der Waals surface area (Å²) in [5.41, 5.74) is 0.113. The number of hydrogen-bond donors (Lipinski definition) is 1. The summed E-state index contributed by atoms with van der Waals surface area (Å²) >= 11 is 0. The number of imide groups is 1. The molecule has 0 aliphatic carbocycles. The van der Waals surface area contributed by atoms with Gasteiger partial charge in [0.05, 0.1) is 20.4 Å². The molecule has 0 spiro atoms. The van der Waals surface area contributed by atoms with Crippen molar-refractivity contribution in [2.24, 2.45) is 5.10 Å². The normalized spacial score (nSPS) is 19.7. The van der Waals surface area contributed by atoms with Crippen LogP contribution in [0.2, 0.25) is 0 Å². The van der Waals surface area contributed by atoms with Gasteiger partial charge < -0.3 is 14.8 Å². The van der Waals surface area contributed by atoms with Crippen LogP contribution in [0.5, 0.6) is 11.5 Å². The van der Waals surface area contributed by atoms with E-state index in [0.717, 1.165) is 5.01 Å². The van der Waals surface area contributed by atoms with Crippen LogP contribution in [-0.2, 0) is 10.3 Å². The van der Waals surface area contributed by atoms with Gasteiger partial charge in [0.25, 0.3) is 5.91 Å². The first-order chi connectivity index (χ1) is 12.5. The topological polar surface area (TPSA) is 80.2 Å². The highest BCUT2D eigenvalue weighted by Crippen LogP contribution is 2.30. The summed E-state index contributed by atoms with van der Waals surface area (Å²) < 4.78 is 10.4. The van der Waals surface area contributed by atoms with Gasteiger partial charge in [0.1, 0.15) is 17.0 Å². The van der Waals surface area contributed by atoms with E-state index in [1.165, 1.54) is 6.21 Å². The minimum Gasteiger partial charge on any atom is -0.497 e. The number of hydrazone groups is 1. The predicted molar refractivity (Wildman–Crippen MR) is 96.3 cm³/mol. The zero-order valence-corrected chi connectivity index (χ0v) is 14.7. The predicted octanol–water partition coefficient (Wildman–Crippen LogP) is 2.50. The average molecular weight is 353 g/mol. The number of nitrogens with one attached hydrogen (secondary N) is 1. The number of methoxy groups -OCH3 is 2. The molecule has 2 aromatic rings. The molecule has 3 rings (SSSR count). The van der Waals surface area contributed by atoms with Crippen molar-refractivity contribution >= 4 is 18.2 Å². The van der Waals surface area contributed by atoms with E-state index in [-0.39, 0.29) is 0 Å². The van der Waals surface area contributed by atoms with Crippen LogP contribution in [0.15, 0.2) is 53.6 Å². The molecule has 1 fully saturated rings. The Labute approximate surface area is 151 Å². The van der Waals surface area contributed by atoms with E-state index in [1.54, 1.807) is 57.5 Å². The quantitative estimate of drug-likeness (QED) is 0.662. The minimum atomic E-state index is -1.19. The number of rotatable bonds is 5. The van der Waals surface area contributed by atoms with Crippen LogP contribution in [0.3, 0.4) is 0 Å². The van der Waals surface area contributed by atoms with Crippen molar-refractivity contribution < 1.29 is 19.1 Å². The zero-order valence-electron chi connectivity index (χ0n) is 14.7. The van der Waals surface area contributed by atoms with Crippen molar-refractivity contribution in [2.75, 3.05) is 14.2 Å². The fraction of sp³-hybridized carbons (Fsp3) is 0.211. The first-order valence-electron chi connectivity index (χ1n) is 7.98. The lowest BCUT2D eigenvalue weighted by molar-refractivity contribution is -0.131. The van der Waals surface area contributed by atoms with Crippen molar-refractivity contribution in [1.82, 2.24) is 10.3 Å². The van der Waals surface area contributed by atoms with E-state index in [2.05, 4.69) is 10.4 Å². The van der Waals surface area contributed by atoms with Gasteiger partial charge >= 0.3 is 6.03 Å². The number of carbonyl (C=O) groups excluding carboxylic acids is 2. The van der Waals surface area contributed by atoms with Crippen molar-refractivity contribution in [3.05, 3.63) is 59.7 Å². The molecule has 0 radical (unpaired) electrons. The number of hydrogen-bond acceptors (Lipinski definition) is 5. The van der Waals surface area contributed by atoms with Crippen molar-refractivity contribution in [1.29, 1.82) is 0 Å². The third-order valence-electron chi connectivity index (χ3n) is 4.29. The first-order valence-corrected chi connectivity index (χ1v) is 7.98. The summed E-state index contributed by atoms with van der Waals surface area (Å²) in [6, 6.07) is 13.6. The van der Waals surface area contributed by atoms with Crippen molar-refractivity contribution in [2.45, 2.75) is 12.5 Å². The van der Waals surface area contributed by atoms with Crippen molar-refractivity contribution in [3.8, 4) is 11.5 Å². The monoisotopic (exact) mass is 353 g/mol. The highest BCUT2D eigenvalue weighted by molar-refractivity contribution is 6.07. The third kappa shape index (κ3) is 2.99. The van der Waals surface area contributed by atoms with Gasteiger partial charge in [0.2, 0.25) is 0 Å². The summed E-state index contributed by atoms with van der Waals surface area (Å²) in [6.07, 6.45) is 1.43. The van der Waals surface area contributed by atoms with Gasteiger partial charge in [-0.15, -0.1) is 5.01 Å². The van der Waals surface area contributed by atoms with Gasteiger partial charge in [0.15, 0.2) is 0 Å². The summed E-state index contributed by atoms with van der Waals surface area (Å²) in [5.74, 6) is 0.806. The number of benzene rings is 2. The van der Waals surface area contributed by atoms with Gasteiger partial charge in [-0.25, -0.2) is 4.79 Å². The van der Waals surface area contributed by atoms with E-state index < -0.39 is 17.5 Å². The van der Waals surface area contributed by atoms with E-state index in [0.29, 0.717) is 22.6 Å². The molecule has 1 aliphatic heterocycles. The second-order valence-corrected chi connectivity index (χ2v) is 5.89. The Morgan fingerprint density at radius 3 is 2.38 bits per heavy atom. The first kappa shape index (κ1) is 17.5. The lowest BCUT2D eigenvalue weighted by atomic mass is 9.92. The maximum absolute atomic E-state index is 12.8. The van der Waals surface area contributed by atoms with Crippen LogP contribution in [-0.4, -0.2) is 37.4 Å². The molecule has 26 heavy (non-hydrogen) atoms. The molecule has 0 bridgehead atoms. The number of ether oxygens (including phenoxy) is 2. The van der Waals surface area contributed by atoms with Crippen LogP contribution in [0.25, 0.3) is 0 Å². The molecule has 1 saturated heterocycles. The highest BCUT2D eigenvalue weighted by atomic mass is 16.5. The van der Waals surface area contributed by atoms with Gasteiger partial charge in [-0.1, -0.05) is 24.3 Å². The van der Waals surface area contributed by atoms with Crippen LogP contribution < -0.4 is 14.8 Å². The Hall–Kier alpha value is -3.35. The van der Waals surface area contributed by atoms with E-state index in [1.807, 2.05) is 12.1 Å². The minimum absolute atomic E-state index is 0.459. The van der Waals surface area contributed by atoms with Gasteiger partial charge in [-0.3, -0.25) is 4.79 Å². The van der Waals surface area contributed by atoms with Crippen LogP contribution in [0, 0.1) is 0 Å². The van der Waals surface area contributed by atoms with Crippen LogP contribution in [0.1, 0.15) is 18.1 Å². The SMILES string of the molecule is COc1ccc(C2(C)NC(=O)N(/N=C/c3ccccc3OC)C2=O)cc1. The molecule has 7 heteroatoms. The van der Waals surface area contributed by atoms with Gasteiger partial charge in [-0.2, -0.15) is 5.10 Å². The molecule has 1 heterocycles. The second-order valence-electron chi connectivity index (χ2n) is 5.89. The Balaban J connectivity index is 1.87. The molecule has 3 amide bonds. The summed E-state index contributed by atoms with van der Waals surface area (Å²) in [6.45, 7) is 1.65. The van der Waals surface area contributed by atoms with Crippen LogP contribution >= 0.6 is 0 Å². The number of carbonyl (C=O) groups is 2. The maximum atomic E-state index is 12.8. The number of urea groups is 1. The molecule has 7 nitrogen and oxygen atoms in total. The smallest absolute Gasteiger partial charge is 0.346 e. The summed E-state index contributed by atoms with van der Waals surface area (Å²) in [7, 11) is 3.11. The molecule has 0 saturated carbocycles. The lowest BCUT2D eigenvalue weighted by Crippen LogP contribution is -2.40. The molecule has 2 aromatic carbocycles.